The molecule has 0 amide bonds. The second kappa shape index (κ2) is 6.32. The van der Waals surface area contributed by atoms with Gasteiger partial charge in [0.05, 0.1) is 0 Å². The lowest BCUT2D eigenvalue weighted by atomic mass is 9.61. The summed E-state index contributed by atoms with van der Waals surface area (Å²) in [5, 5.41) is 10.4. The van der Waals surface area contributed by atoms with Gasteiger partial charge in [0.2, 0.25) is 0 Å². The molecule has 1 aliphatic heterocycles. The van der Waals surface area contributed by atoms with Crippen LogP contribution in [-0.4, -0.2) is 28.2 Å². The predicted octanol–water partition coefficient (Wildman–Crippen LogP) is 5.83. The molecule has 0 unspecified atom stereocenters. The zero-order valence-corrected chi connectivity index (χ0v) is 19.2. The Morgan fingerprint density at radius 1 is 0.667 bits per heavy atom. The lowest BCUT2D eigenvalue weighted by molar-refractivity contribution is 0.141. The van der Waals surface area contributed by atoms with Crippen LogP contribution in [0.5, 0.6) is 0 Å². The Morgan fingerprint density at radius 3 is 1.37 bits per heavy atom. The smallest absolute Gasteiger partial charge is 0.117 e. The average Bonchev–Trinajstić information content (AvgIpc) is 3.35. The second-order valence-corrected chi connectivity index (χ2v) is 10.4. The molecule has 2 aromatic carbocycles. The summed E-state index contributed by atoms with van der Waals surface area (Å²) in [6, 6.07) is 18.2. The van der Waals surface area contributed by atoms with Gasteiger partial charge in [0.25, 0.3) is 0 Å². The molecule has 5 rings (SSSR count). The fourth-order valence-electron chi connectivity index (χ4n) is 7.03. The van der Waals surface area contributed by atoms with Crippen LogP contribution in [0.3, 0.4) is 0 Å². The quantitative estimate of drug-likeness (QED) is 0.644. The molecule has 2 fully saturated rings. The van der Waals surface area contributed by atoms with E-state index in [0.717, 1.165) is 0 Å². The van der Waals surface area contributed by atoms with Crippen LogP contribution in [0.4, 0.5) is 11.4 Å². The highest BCUT2D eigenvalue weighted by atomic mass is 15.3. The van der Waals surface area contributed by atoms with Gasteiger partial charge < -0.3 is 9.80 Å². The maximum Gasteiger partial charge on any atom is 0.117 e. The van der Waals surface area contributed by atoms with Crippen molar-refractivity contribution < 1.29 is 0 Å². The highest BCUT2D eigenvalue weighted by Crippen LogP contribution is 2.77. The minimum Gasteiger partial charge on any atom is -0.378 e. The summed E-state index contributed by atoms with van der Waals surface area (Å²) in [6.45, 7) is 4.84. The molecule has 1 heterocycles. The molecule has 2 saturated carbocycles. The Balaban J connectivity index is 1.66. The van der Waals surface area contributed by atoms with Crippen LogP contribution in [0.2, 0.25) is 0 Å². The molecule has 158 valence electrons. The Labute approximate surface area is 181 Å². The van der Waals surface area contributed by atoms with Gasteiger partial charge in [0.1, 0.15) is 11.1 Å². The van der Waals surface area contributed by atoms with Crippen LogP contribution in [0.25, 0.3) is 0 Å². The minimum absolute atomic E-state index is 0.0744. The summed E-state index contributed by atoms with van der Waals surface area (Å²) in [5.41, 5.74) is 4.59. The second-order valence-electron chi connectivity index (χ2n) is 10.4. The van der Waals surface area contributed by atoms with Crippen LogP contribution in [0.1, 0.15) is 44.2 Å². The maximum absolute atomic E-state index is 5.18. The molecule has 0 radical (unpaired) electrons. The van der Waals surface area contributed by atoms with Gasteiger partial charge in [-0.3, -0.25) is 0 Å². The van der Waals surface area contributed by atoms with E-state index in [2.05, 4.69) is 100 Å². The number of hydrogen-bond donors (Lipinski definition) is 0. The van der Waals surface area contributed by atoms with Gasteiger partial charge >= 0.3 is 0 Å². The summed E-state index contributed by atoms with van der Waals surface area (Å²) < 4.78 is 0. The van der Waals surface area contributed by atoms with Gasteiger partial charge in [-0.25, -0.2) is 0 Å². The lowest BCUT2D eigenvalue weighted by Gasteiger charge is -2.42. The molecule has 0 saturated heterocycles. The molecule has 2 aliphatic carbocycles. The van der Waals surface area contributed by atoms with Gasteiger partial charge in [-0.1, -0.05) is 44.5 Å². The molecule has 0 N–H and O–H groups in total. The fourth-order valence-corrected chi connectivity index (χ4v) is 7.03. The molecule has 0 spiro atoms. The molecular formula is C26H34N4. The third-order valence-corrected chi connectivity index (χ3v) is 8.51. The lowest BCUT2D eigenvalue weighted by Crippen LogP contribution is -2.44. The third kappa shape index (κ3) is 2.17. The van der Waals surface area contributed by atoms with E-state index in [0.29, 0.717) is 11.8 Å². The maximum atomic E-state index is 5.18. The van der Waals surface area contributed by atoms with Crippen LogP contribution in [0, 0.1) is 17.3 Å². The number of nitrogens with zero attached hydrogens (tertiary/aromatic N) is 4. The van der Waals surface area contributed by atoms with Gasteiger partial charge in [-0.2, -0.15) is 10.2 Å². The van der Waals surface area contributed by atoms with Gasteiger partial charge in [0, 0.05) is 45.0 Å². The molecule has 2 aromatic rings. The number of benzene rings is 2. The van der Waals surface area contributed by atoms with Crippen molar-refractivity contribution in [3.63, 3.8) is 0 Å². The van der Waals surface area contributed by atoms with E-state index in [4.69, 9.17) is 10.2 Å². The first-order valence-electron chi connectivity index (χ1n) is 11.3. The highest BCUT2D eigenvalue weighted by molar-refractivity contribution is 5.53. The molecule has 4 atom stereocenters. The highest BCUT2D eigenvalue weighted by Gasteiger charge is 2.78. The molecule has 3 aliphatic rings. The van der Waals surface area contributed by atoms with Crippen LogP contribution in [0.15, 0.2) is 58.8 Å². The summed E-state index contributed by atoms with van der Waals surface area (Å²) in [6.07, 6.45) is 3.78. The van der Waals surface area contributed by atoms with E-state index in [-0.39, 0.29) is 16.5 Å². The number of rotatable bonds is 4. The molecule has 2 bridgehead atoms. The van der Waals surface area contributed by atoms with E-state index < -0.39 is 0 Å². The van der Waals surface area contributed by atoms with Crippen molar-refractivity contribution in [1.29, 1.82) is 0 Å². The summed E-state index contributed by atoms with van der Waals surface area (Å²) in [7, 11) is 8.38. The van der Waals surface area contributed by atoms with E-state index in [1.54, 1.807) is 0 Å². The van der Waals surface area contributed by atoms with Crippen LogP contribution >= 0.6 is 0 Å². The monoisotopic (exact) mass is 402 g/mol. The van der Waals surface area contributed by atoms with E-state index in [9.17, 15) is 0 Å². The molecular weight excluding hydrogens is 368 g/mol. The van der Waals surface area contributed by atoms with Crippen molar-refractivity contribution in [2.45, 2.75) is 44.2 Å². The van der Waals surface area contributed by atoms with Crippen molar-refractivity contribution in [2.75, 3.05) is 38.0 Å². The normalized spacial score (nSPS) is 33.0. The Kier molecular flexibility index (Phi) is 4.13. The van der Waals surface area contributed by atoms with Crippen molar-refractivity contribution in [2.24, 2.45) is 27.5 Å². The van der Waals surface area contributed by atoms with E-state index in [1.165, 1.54) is 41.8 Å². The van der Waals surface area contributed by atoms with E-state index >= 15 is 0 Å². The third-order valence-electron chi connectivity index (χ3n) is 8.51. The molecule has 30 heavy (non-hydrogen) atoms. The standard InChI is InChI=1S/C26H34N4/c1-24(2)25(18-10-14-20(15-11-18)29(3)4)22-8-7-9-23(22)26(24,28-27-25)19-12-16-21(17-13-19)30(5)6/h10-17,22-23H,7-9H2,1-6H3/t22-,23+,25-,26+. The minimum atomic E-state index is -0.237. The first-order chi connectivity index (χ1) is 14.3. The molecule has 4 heteroatoms. The summed E-state index contributed by atoms with van der Waals surface area (Å²) in [4.78, 5) is 4.32. The number of anilines is 2. The van der Waals surface area contributed by atoms with Gasteiger partial charge in [-0.15, -0.1) is 0 Å². The Morgan fingerprint density at radius 2 is 1.03 bits per heavy atom. The van der Waals surface area contributed by atoms with Crippen LogP contribution < -0.4 is 9.80 Å². The average molecular weight is 403 g/mol. The molecule has 4 nitrogen and oxygen atoms in total. The number of azo groups is 1. The SMILES string of the molecule is CN(C)c1ccc([C@@]23N=N[C@@](c4ccc(N(C)C)cc4)([C@H]4CCC[C@H]42)C3(C)C)cc1. The molecule has 0 aromatic heterocycles. The van der Waals surface area contributed by atoms with Crippen molar-refractivity contribution in [3.05, 3.63) is 59.7 Å². The largest absolute Gasteiger partial charge is 0.378 e. The predicted molar refractivity (Wildman–Crippen MR) is 124 cm³/mol. The zero-order chi connectivity index (χ0) is 21.3. The Hall–Kier alpha value is -2.36. The first-order valence-corrected chi connectivity index (χ1v) is 11.3. The van der Waals surface area contributed by atoms with E-state index in [1.807, 2.05) is 0 Å². The van der Waals surface area contributed by atoms with Crippen molar-refractivity contribution in [3.8, 4) is 0 Å². The topological polar surface area (TPSA) is 31.2 Å². The van der Waals surface area contributed by atoms with Crippen molar-refractivity contribution in [1.82, 2.24) is 0 Å². The van der Waals surface area contributed by atoms with Crippen molar-refractivity contribution >= 4 is 11.4 Å². The fraction of sp³-hybridized carbons (Fsp3) is 0.538. The summed E-state index contributed by atoms with van der Waals surface area (Å²) in [5.74, 6) is 1.12. The first kappa shape index (κ1) is 19.6. The Bertz CT molecular complexity index is 896. The van der Waals surface area contributed by atoms with Gasteiger partial charge in [0.15, 0.2) is 0 Å². The zero-order valence-electron chi connectivity index (χ0n) is 19.2. The van der Waals surface area contributed by atoms with Gasteiger partial charge in [-0.05, 0) is 60.1 Å². The van der Waals surface area contributed by atoms with Crippen LogP contribution in [-0.2, 0) is 11.1 Å². The summed E-state index contributed by atoms with van der Waals surface area (Å²) >= 11 is 0. The number of fused-ring (bicyclic) bond motifs is 5. The number of hydrogen-bond acceptors (Lipinski definition) is 4.